The molecule has 2 unspecified atom stereocenters. The van der Waals surface area contributed by atoms with E-state index in [0.717, 1.165) is 12.0 Å². The SMILES string of the molecule is CN(CC(=O)N1CCC(C(=O)O)CC1)C(=O)C1CC1c1ccccc1Cl. The molecule has 2 aliphatic rings. The number of benzene rings is 1. The van der Waals surface area contributed by atoms with Crippen molar-refractivity contribution in [2.45, 2.75) is 25.2 Å². The number of likely N-dealkylation sites (N-methyl/N-ethyl adjacent to an activating group) is 1. The van der Waals surface area contributed by atoms with Crippen LogP contribution in [0.4, 0.5) is 0 Å². The Balaban J connectivity index is 1.50. The van der Waals surface area contributed by atoms with Crippen molar-refractivity contribution in [2.75, 3.05) is 26.7 Å². The molecule has 140 valence electrons. The van der Waals surface area contributed by atoms with Gasteiger partial charge in [0.2, 0.25) is 11.8 Å². The number of nitrogens with zero attached hydrogens (tertiary/aromatic N) is 2. The van der Waals surface area contributed by atoms with Crippen molar-refractivity contribution in [3.63, 3.8) is 0 Å². The normalized spacial score (nSPS) is 22.8. The summed E-state index contributed by atoms with van der Waals surface area (Å²) in [6, 6.07) is 7.54. The summed E-state index contributed by atoms with van der Waals surface area (Å²) in [5.74, 6) is -1.33. The number of carbonyl (C=O) groups excluding carboxylic acids is 2. The molecule has 1 aliphatic heterocycles. The van der Waals surface area contributed by atoms with Gasteiger partial charge in [-0.15, -0.1) is 0 Å². The van der Waals surface area contributed by atoms with Crippen LogP contribution in [0.3, 0.4) is 0 Å². The molecule has 0 spiro atoms. The molecular formula is C19H23ClN2O4. The molecule has 1 saturated heterocycles. The predicted octanol–water partition coefficient (Wildman–Crippen LogP) is 2.23. The number of carboxylic acids is 1. The topological polar surface area (TPSA) is 77.9 Å². The number of hydrogen-bond acceptors (Lipinski definition) is 3. The number of likely N-dealkylation sites (tertiary alicyclic amines) is 1. The molecule has 1 saturated carbocycles. The molecule has 2 atom stereocenters. The zero-order valence-corrected chi connectivity index (χ0v) is 15.5. The van der Waals surface area contributed by atoms with Crippen LogP contribution in [0.5, 0.6) is 0 Å². The molecule has 1 heterocycles. The molecule has 26 heavy (non-hydrogen) atoms. The van der Waals surface area contributed by atoms with E-state index in [9.17, 15) is 14.4 Å². The van der Waals surface area contributed by atoms with Gasteiger partial charge in [0.15, 0.2) is 0 Å². The van der Waals surface area contributed by atoms with Gasteiger partial charge in [-0.2, -0.15) is 0 Å². The van der Waals surface area contributed by atoms with E-state index in [2.05, 4.69) is 0 Å². The van der Waals surface area contributed by atoms with Gasteiger partial charge >= 0.3 is 5.97 Å². The third-order valence-corrected chi connectivity index (χ3v) is 5.70. The average Bonchev–Trinajstić information content (AvgIpc) is 3.41. The van der Waals surface area contributed by atoms with Crippen molar-refractivity contribution in [3.8, 4) is 0 Å². The van der Waals surface area contributed by atoms with Crippen molar-refractivity contribution in [2.24, 2.45) is 11.8 Å². The standard InChI is InChI=1S/C19H23ClN2O4/c1-21(11-17(23)22-8-6-12(7-9-22)19(25)26)18(24)15-10-14(15)13-4-2-3-5-16(13)20/h2-5,12,14-15H,6-11H2,1H3,(H,25,26). The van der Waals surface area contributed by atoms with Crippen LogP contribution in [0.2, 0.25) is 5.02 Å². The van der Waals surface area contributed by atoms with Gasteiger partial charge in [-0.25, -0.2) is 0 Å². The van der Waals surface area contributed by atoms with E-state index in [0.29, 0.717) is 31.0 Å². The van der Waals surface area contributed by atoms with E-state index in [-0.39, 0.29) is 36.1 Å². The van der Waals surface area contributed by atoms with Gasteiger partial charge < -0.3 is 14.9 Å². The lowest BCUT2D eigenvalue weighted by molar-refractivity contribution is -0.146. The summed E-state index contributed by atoms with van der Waals surface area (Å²) in [6.07, 6.45) is 1.69. The van der Waals surface area contributed by atoms with Gasteiger partial charge in [0.05, 0.1) is 12.5 Å². The average molecular weight is 379 g/mol. The maximum atomic E-state index is 12.6. The first-order chi connectivity index (χ1) is 12.4. The fourth-order valence-corrected chi connectivity index (χ4v) is 3.90. The molecule has 0 radical (unpaired) electrons. The second-order valence-electron chi connectivity index (χ2n) is 7.16. The van der Waals surface area contributed by atoms with Crippen LogP contribution < -0.4 is 0 Å². The predicted molar refractivity (Wildman–Crippen MR) is 96.9 cm³/mol. The maximum Gasteiger partial charge on any atom is 0.306 e. The van der Waals surface area contributed by atoms with Crippen molar-refractivity contribution in [1.82, 2.24) is 9.80 Å². The molecule has 2 fully saturated rings. The van der Waals surface area contributed by atoms with Gasteiger partial charge in [0.25, 0.3) is 0 Å². The molecule has 0 bridgehead atoms. The highest BCUT2D eigenvalue weighted by molar-refractivity contribution is 6.31. The van der Waals surface area contributed by atoms with E-state index < -0.39 is 5.97 Å². The molecular weight excluding hydrogens is 356 g/mol. The van der Waals surface area contributed by atoms with Crippen LogP contribution in [-0.2, 0) is 14.4 Å². The Kier molecular flexibility index (Phi) is 5.51. The Morgan fingerprint density at radius 3 is 2.50 bits per heavy atom. The Morgan fingerprint density at radius 1 is 1.23 bits per heavy atom. The summed E-state index contributed by atoms with van der Waals surface area (Å²) < 4.78 is 0. The smallest absolute Gasteiger partial charge is 0.306 e. The Morgan fingerprint density at radius 2 is 1.88 bits per heavy atom. The summed E-state index contributed by atoms with van der Waals surface area (Å²) >= 11 is 6.20. The largest absolute Gasteiger partial charge is 0.481 e. The van der Waals surface area contributed by atoms with E-state index in [1.54, 1.807) is 11.9 Å². The molecule has 7 heteroatoms. The first-order valence-corrected chi connectivity index (χ1v) is 9.26. The van der Waals surface area contributed by atoms with Crippen molar-refractivity contribution >= 4 is 29.4 Å². The van der Waals surface area contributed by atoms with Crippen LogP contribution in [0, 0.1) is 11.8 Å². The lowest BCUT2D eigenvalue weighted by atomic mass is 9.97. The van der Waals surface area contributed by atoms with E-state index >= 15 is 0 Å². The molecule has 6 nitrogen and oxygen atoms in total. The highest BCUT2D eigenvalue weighted by atomic mass is 35.5. The summed E-state index contributed by atoms with van der Waals surface area (Å²) in [7, 11) is 1.65. The number of carboxylic acid groups (broad SMARTS) is 1. The number of carbonyl (C=O) groups is 3. The highest BCUT2D eigenvalue weighted by Crippen LogP contribution is 2.50. The monoisotopic (exact) mass is 378 g/mol. The summed E-state index contributed by atoms with van der Waals surface area (Å²) in [5, 5.41) is 9.70. The number of rotatable bonds is 5. The number of piperidine rings is 1. The Bertz CT molecular complexity index is 715. The zero-order valence-electron chi connectivity index (χ0n) is 14.7. The minimum atomic E-state index is -0.802. The maximum absolute atomic E-state index is 12.6. The zero-order chi connectivity index (χ0) is 18.8. The van der Waals surface area contributed by atoms with Crippen molar-refractivity contribution in [1.29, 1.82) is 0 Å². The molecule has 1 aromatic rings. The minimum Gasteiger partial charge on any atom is -0.481 e. The quantitative estimate of drug-likeness (QED) is 0.852. The Hall–Kier alpha value is -2.08. The van der Waals surface area contributed by atoms with Crippen LogP contribution in [0.1, 0.15) is 30.7 Å². The van der Waals surface area contributed by atoms with Gasteiger partial charge in [-0.05, 0) is 36.8 Å². The molecule has 1 aromatic carbocycles. The second kappa shape index (κ2) is 7.66. The number of hydrogen-bond donors (Lipinski definition) is 1. The highest BCUT2D eigenvalue weighted by Gasteiger charge is 2.46. The van der Waals surface area contributed by atoms with Crippen LogP contribution in [0.25, 0.3) is 0 Å². The molecule has 0 aromatic heterocycles. The minimum absolute atomic E-state index is 0.0301. The van der Waals surface area contributed by atoms with Gasteiger partial charge in [0, 0.05) is 31.1 Å². The molecule has 3 rings (SSSR count). The van der Waals surface area contributed by atoms with Gasteiger partial charge in [0.1, 0.15) is 0 Å². The van der Waals surface area contributed by atoms with Crippen LogP contribution in [0.15, 0.2) is 24.3 Å². The van der Waals surface area contributed by atoms with Crippen molar-refractivity contribution in [3.05, 3.63) is 34.9 Å². The first-order valence-electron chi connectivity index (χ1n) is 8.88. The van der Waals surface area contributed by atoms with Crippen LogP contribution >= 0.6 is 11.6 Å². The summed E-state index contributed by atoms with van der Waals surface area (Å²) in [6.45, 7) is 0.898. The van der Waals surface area contributed by atoms with Crippen LogP contribution in [-0.4, -0.2) is 59.4 Å². The molecule has 1 N–H and O–H groups in total. The third-order valence-electron chi connectivity index (χ3n) is 5.36. The summed E-state index contributed by atoms with van der Waals surface area (Å²) in [5.41, 5.74) is 0.989. The van der Waals surface area contributed by atoms with E-state index in [1.165, 1.54) is 4.90 Å². The first kappa shape index (κ1) is 18.7. The van der Waals surface area contributed by atoms with E-state index in [1.807, 2.05) is 24.3 Å². The van der Waals surface area contributed by atoms with Gasteiger partial charge in [-0.3, -0.25) is 14.4 Å². The molecule has 1 aliphatic carbocycles. The third kappa shape index (κ3) is 4.01. The second-order valence-corrected chi connectivity index (χ2v) is 7.56. The lowest BCUT2D eigenvalue weighted by Gasteiger charge is -2.31. The van der Waals surface area contributed by atoms with Crippen molar-refractivity contribution < 1.29 is 19.5 Å². The number of amides is 2. The number of halogens is 1. The van der Waals surface area contributed by atoms with E-state index in [4.69, 9.17) is 16.7 Å². The fraction of sp³-hybridized carbons (Fsp3) is 0.526. The number of aliphatic carboxylic acids is 1. The molecule has 2 amide bonds. The van der Waals surface area contributed by atoms with Gasteiger partial charge in [-0.1, -0.05) is 29.8 Å². The fourth-order valence-electron chi connectivity index (χ4n) is 3.63. The lowest BCUT2D eigenvalue weighted by Crippen LogP contribution is -2.45. The summed E-state index contributed by atoms with van der Waals surface area (Å²) in [4.78, 5) is 39.1. The Labute approximate surface area is 157 Å².